The number of rotatable bonds is 4. The fourth-order valence-electron chi connectivity index (χ4n) is 11.0. The lowest BCUT2D eigenvalue weighted by Gasteiger charge is -2.21. The summed E-state index contributed by atoms with van der Waals surface area (Å²) in [6.45, 7) is 4.67. The van der Waals surface area contributed by atoms with Crippen molar-refractivity contribution in [2.75, 3.05) is 0 Å². The molecule has 0 radical (unpaired) electrons. The van der Waals surface area contributed by atoms with Crippen LogP contribution in [0.3, 0.4) is 0 Å². The average Bonchev–Trinajstić information content (AvgIpc) is 3.82. The van der Waals surface area contributed by atoms with Crippen molar-refractivity contribution in [3.8, 4) is 55.6 Å². The molecule has 0 N–H and O–H groups in total. The van der Waals surface area contributed by atoms with Gasteiger partial charge in [0.15, 0.2) is 0 Å². The molecule has 0 saturated heterocycles. The minimum absolute atomic E-state index is 0.165. The summed E-state index contributed by atoms with van der Waals surface area (Å²) in [5.74, 6) is 0. The Hall–Kier alpha value is -7.74. The second-order valence-corrected chi connectivity index (χ2v) is 17.5. The first-order valence-corrected chi connectivity index (χ1v) is 21.7. The van der Waals surface area contributed by atoms with Crippen molar-refractivity contribution in [1.29, 1.82) is 0 Å². The van der Waals surface area contributed by atoms with E-state index in [1.165, 1.54) is 110 Å². The Balaban J connectivity index is 0.968. The van der Waals surface area contributed by atoms with Crippen LogP contribution in [0.15, 0.2) is 211 Å². The molecule has 1 aliphatic rings. The number of hydrogen-bond acceptors (Lipinski definition) is 1. The lowest BCUT2D eigenvalue weighted by Crippen LogP contribution is -2.15. The summed E-state index contributed by atoms with van der Waals surface area (Å²) in [6.07, 6.45) is 0. The number of benzene rings is 11. The van der Waals surface area contributed by atoms with Gasteiger partial charge in [0, 0.05) is 27.1 Å². The summed E-state index contributed by atoms with van der Waals surface area (Å²) >= 11 is 0. The number of hydrogen-bond donors (Lipinski definition) is 0. The van der Waals surface area contributed by atoms with Gasteiger partial charge in [0.05, 0.1) is 0 Å². The van der Waals surface area contributed by atoms with Crippen LogP contribution in [-0.4, -0.2) is 0 Å². The van der Waals surface area contributed by atoms with E-state index in [1.807, 2.05) is 0 Å². The first-order valence-electron chi connectivity index (χ1n) is 21.7. The lowest BCUT2D eigenvalue weighted by molar-refractivity contribution is 0.621. The van der Waals surface area contributed by atoms with Crippen LogP contribution < -0.4 is 0 Å². The fraction of sp³-hybridized carbons (Fsp3) is 0.0492. The molecular formula is C61H40O. The first kappa shape index (κ1) is 35.1. The summed E-state index contributed by atoms with van der Waals surface area (Å²) in [6, 6.07) is 76.1. The van der Waals surface area contributed by atoms with Crippen molar-refractivity contribution in [2.24, 2.45) is 0 Å². The molecule has 1 heterocycles. The lowest BCUT2D eigenvalue weighted by atomic mass is 9.82. The average molecular weight is 789 g/mol. The molecule has 1 nitrogen and oxygen atoms in total. The minimum Gasteiger partial charge on any atom is -0.455 e. The molecule has 11 aromatic carbocycles. The summed E-state index contributed by atoms with van der Waals surface area (Å²) in [4.78, 5) is 0. The molecule has 0 atom stereocenters. The Morgan fingerprint density at radius 3 is 1.58 bits per heavy atom. The molecule has 0 aliphatic heterocycles. The van der Waals surface area contributed by atoms with E-state index in [4.69, 9.17) is 4.42 Å². The van der Waals surface area contributed by atoms with Crippen LogP contribution in [0, 0.1) is 0 Å². The van der Waals surface area contributed by atoms with Crippen LogP contribution in [0.5, 0.6) is 0 Å². The van der Waals surface area contributed by atoms with Crippen molar-refractivity contribution in [3.63, 3.8) is 0 Å². The van der Waals surface area contributed by atoms with E-state index < -0.39 is 0 Å². The van der Waals surface area contributed by atoms with E-state index in [9.17, 15) is 0 Å². The molecule has 1 heteroatoms. The van der Waals surface area contributed by atoms with Gasteiger partial charge in [-0.2, -0.15) is 0 Å². The van der Waals surface area contributed by atoms with Crippen molar-refractivity contribution in [3.05, 3.63) is 217 Å². The molecule has 0 fully saturated rings. The quantitative estimate of drug-likeness (QED) is 0.162. The van der Waals surface area contributed by atoms with Crippen LogP contribution in [-0.2, 0) is 5.41 Å². The summed E-state index contributed by atoms with van der Waals surface area (Å²) in [7, 11) is 0. The van der Waals surface area contributed by atoms with Gasteiger partial charge < -0.3 is 4.42 Å². The zero-order chi connectivity index (χ0) is 41.1. The maximum atomic E-state index is 7.01. The zero-order valence-corrected chi connectivity index (χ0v) is 34.5. The van der Waals surface area contributed by atoms with Crippen molar-refractivity contribution < 1.29 is 4.42 Å². The smallest absolute Gasteiger partial charge is 0.143 e. The van der Waals surface area contributed by atoms with Crippen molar-refractivity contribution >= 4 is 65.0 Å². The highest BCUT2D eigenvalue weighted by Crippen LogP contribution is 2.53. The number of furan rings is 1. The largest absolute Gasteiger partial charge is 0.455 e. The van der Waals surface area contributed by atoms with Gasteiger partial charge in [-0.3, -0.25) is 0 Å². The fourth-order valence-corrected chi connectivity index (χ4v) is 11.0. The molecule has 1 aromatic heterocycles. The highest BCUT2D eigenvalue weighted by atomic mass is 16.3. The van der Waals surface area contributed by atoms with Gasteiger partial charge in [-0.1, -0.05) is 202 Å². The Labute approximate surface area is 360 Å². The predicted molar refractivity (Wildman–Crippen MR) is 263 cm³/mol. The van der Waals surface area contributed by atoms with Crippen molar-refractivity contribution in [2.45, 2.75) is 19.3 Å². The monoisotopic (exact) mass is 788 g/mol. The molecule has 0 spiro atoms. The molecule has 62 heavy (non-hydrogen) atoms. The standard InChI is InChI=1S/C61H40O/c1-61(2)55-28-12-11-21-45(55)50-33-34-52-54-36-53(44-20-5-10-26-51(44)59(54)62-60(52)58(50)61)38-29-31-39(32-30-38)56-46-22-6-8-24-48(46)57(49-25-9-7-23-47(49)56)41-18-13-17-40(35-41)43-27-14-16-37-15-3-4-19-42(37)43/h3-36H,1-2H3. The molecule has 0 saturated carbocycles. The van der Waals surface area contributed by atoms with Gasteiger partial charge in [0.25, 0.3) is 0 Å². The molecule has 290 valence electrons. The van der Waals surface area contributed by atoms with Gasteiger partial charge in [-0.25, -0.2) is 0 Å². The Bertz CT molecular complexity index is 3760. The SMILES string of the molecule is CC1(C)c2ccccc2-c2ccc3c(oc4c5ccccc5c(-c5ccc(-c6c7ccccc7c(-c7cccc(-c8cccc9ccccc89)c7)c7ccccc67)cc5)cc34)c21. The Kier molecular flexibility index (Phi) is 7.42. The van der Waals surface area contributed by atoms with Crippen LogP contribution in [0.25, 0.3) is 121 Å². The molecule has 0 bridgehead atoms. The van der Waals surface area contributed by atoms with Crippen LogP contribution >= 0.6 is 0 Å². The highest BCUT2D eigenvalue weighted by Gasteiger charge is 2.38. The Morgan fingerprint density at radius 1 is 0.306 bits per heavy atom. The minimum atomic E-state index is -0.165. The van der Waals surface area contributed by atoms with Gasteiger partial charge in [0.1, 0.15) is 11.2 Å². The van der Waals surface area contributed by atoms with Gasteiger partial charge in [-0.15, -0.1) is 0 Å². The third kappa shape index (κ3) is 4.97. The van der Waals surface area contributed by atoms with E-state index >= 15 is 0 Å². The van der Waals surface area contributed by atoms with E-state index in [1.54, 1.807) is 0 Å². The van der Waals surface area contributed by atoms with Crippen molar-refractivity contribution in [1.82, 2.24) is 0 Å². The predicted octanol–water partition coefficient (Wildman–Crippen LogP) is 17.2. The van der Waals surface area contributed by atoms with E-state index in [0.717, 1.165) is 21.9 Å². The van der Waals surface area contributed by atoms with E-state index in [0.29, 0.717) is 0 Å². The molecule has 13 rings (SSSR count). The highest BCUT2D eigenvalue weighted by molar-refractivity contribution is 6.23. The third-order valence-electron chi connectivity index (χ3n) is 13.8. The van der Waals surface area contributed by atoms with Gasteiger partial charge in [-0.05, 0) is 117 Å². The maximum absolute atomic E-state index is 7.01. The van der Waals surface area contributed by atoms with E-state index in [2.05, 4.69) is 220 Å². The molecule has 1 aliphatic carbocycles. The zero-order valence-electron chi connectivity index (χ0n) is 34.5. The van der Waals surface area contributed by atoms with Gasteiger partial charge >= 0.3 is 0 Å². The second-order valence-electron chi connectivity index (χ2n) is 17.5. The van der Waals surface area contributed by atoms with Crippen LogP contribution in [0.2, 0.25) is 0 Å². The first-order chi connectivity index (χ1) is 30.5. The molecule has 12 aromatic rings. The summed E-state index contributed by atoms with van der Waals surface area (Å²) in [5, 5.41) is 12.2. The normalized spacial score (nSPS) is 13.1. The van der Waals surface area contributed by atoms with Gasteiger partial charge in [0.2, 0.25) is 0 Å². The Morgan fingerprint density at radius 2 is 0.839 bits per heavy atom. The molecule has 0 unspecified atom stereocenters. The van der Waals surface area contributed by atoms with E-state index in [-0.39, 0.29) is 5.41 Å². The number of fused-ring (bicyclic) bond motifs is 12. The third-order valence-corrected chi connectivity index (χ3v) is 13.8. The molecule has 0 amide bonds. The van der Waals surface area contributed by atoms with Crippen LogP contribution in [0.1, 0.15) is 25.0 Å². The summed E-state index contributed by atoms with van der Waals surface area (Å²) < 4.78 is 7.01. The summed E-state index contributed by atoms with van der Waals surface area (Å²) in [5.41, 5.74) is 16.8. The topological polar surface area (TPSA) is 13.1 Å². The molecular weight excluding hydrogens is 749 g/mol. The maximum Gasteiger partial charge on any atom is 0.143 e. The van der Waals surface area contributed by atoms with Crippen LogP contribution in [0.4, 0.5) is 0 Å². The second kappa shape index (κ2) is 13.1.